The lowest BCUT2D eigenvalue weighted by molar-refractivity contribution is -0.140. The molecule has 1 N–H and O–H groups in total. The van der Waals surface area contributed by atoms with Gasteiger partial charge in [0.2, 0.25) is 11.8 Å². The molecule has 0 saturated heterocycles. The topological polar surface area (TPSA) is 49.4 Å². The van der Waals surface area contributed by atoms with Crippen LogP contribution in [0, 0.1) is 12.7 Å². The highest BCUT2D eigenvalue weighted by Gasteiger charge is 2.26. The van der Waals surface area contributed by atoms with Crippen LogP contribution in [0.15, 0.2) is 48.5 Å². The number of unbranched alkanes of at least 4 members (excludes halogenated alkanes) is 1. The molecule has 1 atom stereocenters. The molecule has 4 nitrogen and oxygen atoms in total. The normalized spacial score (nSPS) is 11.7. The van der Waals surface area contributed by atoms with Crippen LogP contribution in [0.1, 0.15) is 43.4 Å². The van der Waals surface area contributed by atoms with Crippen LogP contribution >= 0.6 is 0 Å². The number of amides is 2. The molecular formula is C23H29FN2O2. The molecule has 0 saturated carbocycles. The summed E-state index contributed by atoms with van der Waals surface area (Å²) in [6, 6.07) is 13.2. The van der Waals surface area contributed by atoms with Crippen LogP contribution in [0.3, 0.4) is 0 Å². The smallest absolute Gasteiger partial charge is 0.242 e. The van der Waals surface area contributed by atoms with Crippen molar-refractivity contribution >= 4 is 11.8 Å². The Morgan fingerprint density at radius 2 is 1.64 bits per heavy atom. The third-order valence-corrected chi connectivity index (χ3v) is 4.74. The van der Waals surface area contributed by atoms with Gasteiger partial charge in [-0.05, 0) is 43.5 Å². The molecule has 0 aliphatic heterocycles. The molecule has 0 aliphatic rings. The van der Waals surface area contributed by atoms with E-state index in [0.29, 0.717) is 6.54 Å². The number of nitrogens with one attached hydrogen (secondary N) is 1. The second-order valence-electron chi connectivity index (χ2n) is 7.13. The van der Waals surface area contributed by atoms with E-state index in [1.807, 2.05) is 31.2 Å². The zero-order chi connectivity index (χ0) is 20.5. The van der Waals surface area contributed by atoms with Crippen molar-refractivity contribution in [1.29, 1.82) is 0 Å². The van der Waals surface area contributed by atoms with E-state index in [1.54, 1.807) is 24.0 Å². The summed E-state index contributed by atoms with van der Waals surface area (Å²) in [6.07, 6.45) is 2.10. The number of hydrogen-bond acceptors (Lipinski definition) is 2. The van der Waals surface area contributed by atoms with Gasteiger partial charge in [-0.25, -0.2) is 4.39 Å². The van der Waals surface area contributed by atoms with E-state index in [2.05, 4.69) is 12.2 Å². The first kappa shape index (κ1) is 21.6. The molecule has 2 amide bonds. The second-order valence-corrected chi connectivity index (χ2v) is 7.13. The Bertz CT molecular complexity index is 772. The van der Waals surface area contributed by atoms with E-state index in [0.717, 1.165) is 29.5 Å². The first-order chi connectivity index (χ1) is 13.4. The maximum absolute atomic E-state index is 13.2. The number of rotatable bonds is 9. The zero-order valence-corrected chi connectivity index (χ0v) is 16.9. The fourth-order valence-corrected chi connectivity index (χ4v) is 2.89. The lowest BCUT2D eigenvalue weighted by Gasteiger charge is -2.29. The van der Waals surface area contributed by atoms with Crippen molar-refractivity contribution in [3.05, 3.63) is 71.0 Å². The van der Waals surface area contributed by atoms with E-state index < -0.39 is 6.04 Å². The quantitative estimate of drug-likeness (QED) is 0.664. The third-order valence-electron chi connectivity index (χ3n) is 4.74. The highest BCUT2D eigenvalue weighted by Crippen LogP contribution is 2.14. The number of hydrogen-bond donors (Lipinski definition) is 1. The summed E-state index contributed by atoms with van der Waals surface area (Å²) in [5.41, 5.74) is 2.81. The van der Waals surface area contributed by atoms with Gasteiger partial charge < -0.3 is 10.2 Å². The molecule has 2 rings (SSSR count). The van der Waals surface area contributed by atoms with Crippen molar-refractivity contribution in [3.63, 3.8) is 0 Å². The van der Waals surface area contributed by atoms with Gasteiger partial charge in [-0.1, -0.05) is 55.3 Å². The fraction of sp³-hybridized carbons (Fsp3) is 0.391. The van der Waals surface area contributed by atoms with Gasteiger partial charge >= 0.3 is 0 Å². The summed E-state index contributed by atoms with van der Waals surface area (Å²) in [5, 5.41) is 2.89. The number of benzene rings is 2. The molecule has 5 heteroatoms. The molecule has 0 fully saturated rings. The number of halogens is 1. The van der Waals surface area contributed by atoms with Gasteiger partial charge in [0, 0.05) is 13.1 Å². The maximum Gasteiger partial charge on any atom is 0.242 e. The second kappa shape index (κ2) is 10.6. The molecule has 0 heterocycles. The Kier molecular flexibility index (Phi) is 8.18. The highest BCUT2D eigenvalue weighted by atomic mass is 19.1. The van der Waals surface area contributed by atoms with Crippen LogP contribution in [0.25, 0.3) is 0 Å². The first-order valence-electron chi connectivity index (χ1n) is 9.78. The van der Waals surface area contributed by atoms with Gasteiger partial charge in [-0.3, -0.25) is 9.59 Å². The molecule has 0 aromatic heterocycles. The molecule has 2 aromatic carbocycles. The molecule has 0 bridgehead atoms. The molecular weight excluding hydrogens is 355 g/mol. The van der Waals surface area contributed by atoms with E-state index in [4.69, 9.17) is 0 Å². The van der Waals surface area contributed by atoms with Gasteiger partial charge in [0.1, 0.15) is 11.9 Å². The minimum Gasteiger partial charge on any atom is -0.354 e. The minimum absolute atomic E-state index is 0.133. The molecule has 1 unspecified atom stereocenters. The molecule has 150 valence electrons. The predicted octanol–water partition coefficient (Wildman–Crippen LogP) is 4.01. The lowest BCUT2D eigenvalue weighted by Crippen LogP contribution is -2.48. The SMILES string of the molecule is CCCCNC(=O)C(C)N(Cc1ccc(F)cc1)C(=O)Cc1ccc(C)cc1. The van der Waals surface area contributed by atoms with Gasteiger partial charge in [0.15, 0.2) is 0 Å². The van der Waals surface area contributed by atoms with Crippen LogP contribution in [-0.4, -0.2) is 29.3 Å². The van der Waals surface area contributed by atoms with E-state index >= 15 is 0 Å². The average molecular weight is 384 g/mol. The maximum atomic E-state index is 13.2. The van der Waals surface area contributed by atoms with Gasteiger partial charge in [-0.2, -0.15) is 0 Å². The largest absolute Gasteiger partial charge is 0.354 e. The van der Waals surface area contributed by atoms with E-state index in [9.17, 15) is 14.0 Å². The Balaban J connectivity index is 2.15. The number of carbonyl (C=O) groups is 2. The monoisotopic (exact) mass is 384 g/mol. The first-order valence-corrected chi connectivity index (χ1v) is 9.78. The Hall–Kier alpha value is -2.69. The summed E-state index contributed by atoms with van der Waals surface area (Å²) in [7, 11) is 0. The van der Waals surface area contributed by atoms with Crippen molar-refractivity contribution in [3.8, 4) is 0 Å². The van der Waals surface area contributed by atoms with E-state index in [-0.39, 0.29) is 30.6 Å². The highest BCUT2D eigenvalue weighted by molar-refractivity contribution is 5.88. The van der Waals surface area contributed by atoms with Crippen molar-refractivity contribution in [2.75, 3.05) is 6.54 Å². The van der Waals surface area contributed by atoms with E-state index in [1.165, 1.54) is 12.1 Å². The fourth-order valence-electron chi connectivity index (χ4n) is 2.89. The Labute approximate surface area is 166 Å². The summed E-state index contributed by atoms with van der Waals surface area (Å²) in [5.74, 6) is -0.634. The number of nitrogens with zero attached hydrogens (tertiary/aromatic N) is 1. The predicted molar refractivity (Wildman–Crippen MR) is 109 cm³/mol. The standard InChI is InChI=1S/C23H29FN2O2/c1-4-5-14-25-23(28)18(3)26(16-20-10-12-21(24)13-11-20)22(27)15-19-8-6-17(2)7-9-19/h6-13,18H,4-5,14-16H2,1-3H3,(H,25,28). The average Bonchev–Trinajstić information content (AvgIpc) is 2.68. The van der Waals surface area contributed by atoms with Crippen molar-refractivity contribution in [2.45, 2.75) is 52.6 Å². The van der Waals surface area contributed by atoms with Crippen molar-refractivity contribution < 1.29 is 14.0 Å². The van der Waals surface area contributed by atoms with Crippen LogP contribution in [0.5, 0.6) is 0 Å². The summed E-state index contributed by atoms with van der Waals surface area (Å²) < 4.78 is 13.2. The van der Waals surface area contributed by atoms with Crippen LogP contribution in [-0.2, 0) is 22.6 Å². The summed E-state index contributed by atoms with van der Waals surface area (Å²) in [4.78, 5) is 27.1. The van der Waals surface area contributed by atoms with Gasteiger partial charge in [0.05, 0.1) is 6.42 Å². The van der Waals surface area contributed by atoms with Gasteiger partial charge in [-0.15, -0.1) is 0 Å². The Morgan fingerprint density at radius 1 is 1.04 bits per heavy atom. The zero-order valence-electron chi connectivity index (χ0n) is 16.9. The minimum atomic E-state index is -0.611. The van der Waals surface area contributed by atoms with Crippen LogP contribution in [0.2, 0.25) is 0 Å². The van der Waals surface area contributed by atoms with Crippen LogP contribution < -0.4 is 5.32 Å². The van der Waals surface area contributed by atoms with Gasteiger partial charge in [0.25, 0.3) is 0 Å². The lowest BCUT2D eigenvalue weighted by atomic mass is 10.1. The Morgan fingerprint density at radius 3 is 2.25 bits per heavy atom. The molecule has 0 radical (unpaired) electrons. The van der Waals surface area contributed by atoms with Crippen molar-refractivity contribution in [2.24, 2.45) is 0 Å². The number of aryl methyl sites for hydroxylation is 1. The molecule has 0 aliphatic carbocycles. The molecule has 2 aromatic rings. The third kappa shape index (κ3) is 6.48. The van der Waals surface area contributed by atoms with Crippen molar-refractivity contribution in [1.82, 2.24) is 10.2 Å². The van der Waals surface area contributed by atoms with Crippen LogP contribution in [0.4, 0.5) is 4.39 Å². The summed E-state index contributed by atoms with van der Waals surface area (Å²) in [6.45, 7) is 6.64. The molecule has 28 heavy (non-hydrogen) atoms. The molecule has 0 spiro atoms. The summed E-state index contributed by atoms with van der Waals surface area (Å²) >= 11 is 0. The number of carbonyl (C=O) groups excluding carboxylic acids is 2.